The Balaban J connectivity index is 1.96. The zero-order chi connectivity index (χ0) is 16.7. The smallest absolute Gasteiger partial charge is 0.226 e. The van der Waals surface area contributed by atoms with Gasteiger partial charge in [0.25, 0.3) is 0 Å². The molecule has 2 amide bonds. The van der Waals surface area contributed by atoms with Crippen LogP contribution < -0.4 is 16.0 Å². The summed E-state index contributed by atoms with van der Waals surface area (Å²) in [7, 11) is 1.86. The fourth-order valence-corrected chi connectivity index (χ4v) is 2.73. The van der Waals surface area contributed by atoms with E-state index >= 15 is 0 Å². The number of rotatable bonds is 7. The van der Waals surface area contributed by atoms with Gasteiger partial charge in [-0.2, -0.15) is 0 Å². The monoisotopic (exact) mass is 332 g/mol. The number of aromatic nitrogens is 1. The molecule has 0 spiro atoms. The summed E-state index contributed by atoms with van der Waals surface area (Å²) in [6, 6.07) is 7.43. The molecule has 23 heavy (non-hydrogen) atoms. The van der Waals surface area contributed by atoms with Crippen LogP contribution in [0.15, 0.2) is 29.6 Å². The Morgan fingerprint density at radius 2 is 1.91 bits per heavy atom. The normalized spacial score (nSPS) is 10.3. The van der Waals surface area contributed by atoms with E-state index in [2.05, 4.69) is 20.9 Å². The lowest BCUT2D eigenvalue weighted by Crippen LogP contribution is -2.15. The number of hydrogen-bond donors (Lipinski definition) is 3. The molecule has 0 saturated carbocycles. The first-order valence-electron chi connectivity index (χ1n) is 7.36. The molecule has 0 aliphatic rings. The Bertz CT molecular complexity index is 667. The van der Waals surface area contributed by atoms with Gasteiger partial charge in [0.1, 0.15) is 0 Å². The number of nitrogens with zero attached hydrogens (tertiary/aromatic N) is 1. The van der Waals surface area contributed by atoms with Gasteiger partial charge in [0.2, 0.25) is 11.8 Å². The third-order valence-corrected chi connectivity index (χ3v) is 3.84. The number of thiazole rings is 1. The molecule has 2 aromatic rings. The van der Waals surface area contributed by atoms with Crippen LogP contribution in [0.4, 0.5) is 10.8 Å². The summed E-state index contributed by atoms with van der Waals surface area (Å²) in [5.41, 5.74) is 2.48. The molecule has 0 radical (unpaired) electrons. The largest absolute Gasteiger partial charge is 0.326 e. The van der Waals surface area contributed by atoms with Crippen molar-refractivity contribution in [1.82, 2.24) is 10.3 Å². The van der Waals surface area contributed by atoms with Gasteiger partial charge in [-0.05, 0) is 32.1 Å². The SMILES string of the molecule is CNCCCC(=O)Nc1nc(-c2ccc(NC(C)=O)cc2)cs1. The van der Waals surface area contributed by atoms with Gasteiger partial charge in [-0.3, -0.25) is 9.59 Å². The molecule has 0 fully saturated rings. The van der Waals surface area contributed by atoms with Crippen molar-refractivity contribution in [2.45, 2.75) is 19.8 Å². The van der Waals surface area contributed by atoms with E-state index in [-0.39, 0.29) is 11.8 Å². The Morgan fingerprint density at radius 1 is 1.17 bits per heavy atom. The van der Waals surface area contributed by atoms with Crippen molar-refractivity contribution in [3.8, 4) is 11.3 Å². The van der Waals surface area contributed by atoms with Crippen LogP contribution in [-0.4, -0.2) is 30.4 Å². The van der Waals surface area contributed by atoms with E-state index in [0.717, 1.165) is 29.9 Å². The zero-order valence-corrected chi connectivity index (χ0v) is 14.0. The van der Waals surface area contributed by atoms with Crippen molar-refractivity contribution < 1.29 is 9.59 Å². The molecule has 0 unspecified atom stereocenters. The Kier molecular flexibility index (Phi) is 6.25. The second kappa shape index (κ2) is 8.40. The first-order chi connectivity index (χ1) is 11.1. The van der Waals surface area contributed by atoms with Crippen LogP contribution in [0.25, 0.3) is 11.3 Å². The van der Waals surface area contributed by atoms with Crippen molar-refractivity contribution in [2.24, 2.45) is 0 Å². The molecule has 122 valence electrons. The van der Waals surface area contributed by atoms with Crippen molar-refractivity contribution >= 4 is 34.0 Å². The molecular formula is C16H20N4O2S. The third-order valence-electron chi connectivity index (χ3n) is 3.08. The van der Waals surface area contributed by atoms with Crippen LogP contribution in [0.5, 0.6) is 0 Å². The standard InChI is InChI=1S/C16H20N4O2S/c1-11(21)18-13-7-5-12(6-8-13)14-10-23-16(19-14)20-15(22)4-3-9-17-2/h5-8,10,17H,3-4,9H2,1-2H3,(H,18,21)(H,19,20,22). The third kappa shape index (κ3) is 5.46. The number of hydrogen-bond acceptors (Lipinski definition) is 5. The molecule has 7 heteroatoms. The topological polar surface area (TPSA) is 83.1 Å². The van der Waals surface area contributed by atoms with Crippen molar-refractivity contribution in [3.63, 3.8) is 0 Å². The number of carbonyl (C=O) groups is 2. The van der Waals surface area contributed by atoms with Gasteiger partial charge in [0.15, 0.2) is 5.13 Å². The number of amides is 2. The molecule has 0 bridgehead atoms. The lowest BCUT2D eigenvalue weighted by atomic mass is 10.1. The maximum absolute atomic E-state index is 11.8. The van der Waals surface area contributed by atoms with E-state index in [4.69, 9.17) is 0 Å². The van der Waals surface area contributed by atoms with Gasteiger partial charge in [-0.1, -0.05) is 12.1 Å². The molecule has 1 aromatic carbocycles. The van der Waals surface area contributed by atoms with Gasteiger partial charge in [-0.25, -0.2) is 4.98 Å². The fraction of sp³-hybridized carbons (Fsp3) is 0.312. The summed E-state index contributed by atoms with van der Waals surface area (Å²) >= 11 is 1.40. The van der Waals surface area contributed by atoms with Gasteiger partial charge < -0.3 is 16.0 Å². The highest BCUT2D eigenvalue weighted by molar-refractivity contribution is 7.14. The minimum Gasteiger partial charge on any atom is -0.326 e. The Hall–Kier alpha value is -2.25. The molecule has 0 aliphatic carbocycles. The van der Waals surface area contributed by atoms with Crippen LogP contribution in [0.3, 0.4) is 0 Å². The summed E-state index contributed by atoms with van der Waals surface area (Å²) in [5.74, 6) is -0.128. The molecule has 0 saturated heterocycles. The lowest BCUT2D eigenvalue weighted by Gasteiger charge is -2.03. The van der Waals surface area contributed by atoms with E-state index in [1.54, 1.807) is 0 Å². The fourth-order valence-electron chi connectivity index (χ4n) is 2.00. The van der Waals surface area contributed by atoms with Crippen LogP contribution in [0, 0.1) is 0 Å². The van der Waals surface area contributed by atoms with E-state index in [1.807, 2.05) is 36.7 Å². The average Bonchev–Trinajstić information content (AvgIpc) is 2.96. The van der Waals surface area contributed by atoms with E-state index in [9.17, 15) is 9.59 Å². The van der Waals surface area contributed by atoms with Gasteiger partial charge in [0, 0.05) is 30.0 Å². The van der Waals surface area contributed by atoms with Gasteiger partial charge in [-0.15, -0.1) is 11.3 Å². The van der Waals surface area contributed by atoms with Gasteiger partial charge >= 0.3 is 0 Å². The molecule has 1 heterocycles. The van der Waals surface area contributed by atoms with Gasteiger partial charge in [0.05, 0.1) is 5.69 Å². The van der Waals surface area contributed by atoms with Crippen LogP contribution in [0.1, 0.15) is 19.8 Å². The molecule has 6 nitrogen and oxygen atoms in total. The highest BCUT2D eigenvalue weighted by atomic mass is 32.1. The Labute approximate surface area is 139 Å². The average molecular weight is 332 g/mol. The predicted molar refractivity (Wildman–Crippen MR) is 93.6 cm³/mol. The summed E-state index contributed by atoms with van der Waals surface area (Å²) in [5, 5.41) is 11.0. The number of nitrogens with one attached hydrogen (secondary N) is 3. The lowest BCUT2D eigenvalue weighted by molar-refractivity contribution is -0.116. The number of benzene rings is 1. The molecular weight excluding hydrogens is 312 g/mol. The second-order valence-corrected chi connectivity index (χ2v) is 5.91. The van der Waals surface area contributed by atoms with Crippen molar-refractivity contribution in [1.29, 1.82) is 0 Å². The van der Waals surface area contributed by atoms with Crippen molar-refractivity contribution in [3.05, 3.63) is 29.6 Å². The van der Waals surface area contributed by atoms with E-state index < -0.39 is 0 Å². The summed E-state index contributed by atoms with van der Waals surface area (Å²) in [4.78, 5) is 27.2. The Morgan fingerprint density at radius 3 is 2.57 bits per heavy atom. The minimum atomic E-state index is -0.102. The molecule has 0 aliphatic heterocycles. The van der Waals surface area contributed by atoms with E-state index in [1.165, 1.54) is 18.3 Å². The summed E-state index contributed by atoms with van der Waals surface area (Å²) < 4.78 is 0. The first-order valence-corrected chi connectivity index (χ1v) is 8.24. The molecule has 1 aromatic heterocycles. The highest BCUT2D eigenvalue weighted by Crippen LogP contribution is 2.26. The van der Waals surface area contributed by atoms with Crippen molar-refractivity contribution in [2.75, 3.05) is 24.2 Å². The summed E-state index contributed by atoms with van der Waals surface area (Å²) in [6.07, 6.45) is 1.27. The van der Waals surface area contributed by atoms with Crippen LogP contribution >= 0.6 is 11.3 Å². The second-order valence-electron chi connectivity index (χ2n) is 5.05. The molecule has 3 N–H and O–H groups in total. The number of carbonyl (C=O) groups excluding carboxylic acids is 2. The molecule has 2 rings (SSSR count). The van der Waals surface area contributed by atoms with Crippen LogP contribution in [-0.2, 0) is 9.59 Å². The maximum atomic E-state index is 11.8. The maximum Gasteiger partial charge on any atom is 0.226 e. The summed E-state index contributed by atoms with van der Waals surface area (Å²) in [6.45, 7) is 2.29. The predicted octanol–water partition coefficient (Wildman–Crippen LogP) is 2.71. The highest BCUT2D eigenvalue weighted by Gasteiger charge is 2.08. The zero-order valence-electron chi connectivity index (χ0n) is 13.2. The quantitative estimate of drug-likeness (QED) is 0.681. The molecule has 0 atom stereocenters. The van der Waals surface area contributed by atoms with Crippen LogP contribution in [0.2, 0.25) is 0 Å². The first kappa shape index (κ1) is 17.1. The van der Waals surface area contributed by atoms with E-state index in [0.29, 0.717) is 11.6 Å². The number of anilines is 2. The minimum absolute atomic E-state index is 0.0258.